The first kappa shape index (κ1) is 15.1. The lowest BCUT2D eigenvalue weighted by molar-refractivity contribution is 0.0513. The number of carbonyl (C=O) groups excluding carboxylic acids is 1. The molecule has 1 N–H and O–H groups in total. The Kier molecular flexibility index (Phi) is 4.66. The molecule has 0 saturated carbocycles. The number of aromatic nitrogens is 2. The zero-order valence-electron chi connectivity index (χ0n) is 12.1. The number of esters is 1. The van der Waals surface area contributed by atoms with Crippen LogP contribution in [0.1, 0.15) is 30.3 Å². The Balaban J connectivity index is 1.94. The van der Waals surface area contributed by atoms with Crippen LogP contribution in [0.2, 0.25) is 0 Å². The highest BCUT2D eigenvalue weighted by Gasteiger charge is 2.25. The van der Waals surface area contributed by atoms with E-state index in [0.29, 0.717) is 44.1 Å². The van der Waals surface area contributed by atoms with E-state index in [1.54, 1.807) is 20.0 Å². The predicted molar refractivity (Wildman–Crippen MR) is 72.4 cm³/mol. The van der Waals surface area contributed by atoms with Gasteiger partial charge in [-0.15, -0.1) is 5.10 Å². The van der Waals surface area contributed by atoms with Crippen LogP contribution in [0.5, 0.6) is 5.88 Å². The van der Waals surface area contributed by atoms with Crippen LogP contribution >= 0.6 is 0 Å². The number of hydrogen-bond donors (Lipinski definition) is 1. The van der Waals surface area contributed by atoms with Crippen molar-refractivity contribution < 1.29 is 24.2 Å². The molecule has 1 fully saturated rings. The maximum atomic E-state index is 11.7. The average molecular weight is 297 g/mol. The summed E-state index contributed by atoms with van der Waals surface area (Å²) in [6, 6.07) is 1.54. The third kappa shape index (κ3) is 3.65. The minimum Gasteiger partial charge on any atom is -0.473 e. The fourth-order valence-electron chi connectivity index (χ4n) is 2.23. The zero-order valence-corrected chi connectivity index (χ0v) is 12.1. The lowest BCUT2D eigenvalue weighted by Gasteiger charge is -2.29. The monoisotopic (exact) mass is 297 g/mol. The number of carbonyl (C=O) groups is 2. The molecule has 0 aromatic carbocycles. The maximum Gasteiger partial charge on any atom is 0.407 e. The van der Waals surface area contributed by atoms with Gasteiger partial charge in [-0.25, -0.2) is 9.59 Å². The van der Waals surface area contributed by atoms with Crippen molar-refractivity contribution in [2.75, 3.05) is 19.7 Å². The lowest BCUT2D eigenvalue weighted by atomic mass is 10.1. The van der Waals surface area contributed by atoms with Crippen molar-refractivity contribution in [1.82, 2.24) is 14.7 Å². The van der Waals surface area contributed by atoms with E-state index in [0.717, 1.165) is 0 Å². The second kappa shape index (κ2) is 6.47. The van der Waals surface area contributed by atoms with Crippen molar-refractivity contribution in [2.45, 2.75) is 25.9 Å². The Hall–Kier alpha value is -2.25. The Morgan fingerprint density at radius 2 is 2.10 bits per heavy atom. The van der Waals surface area contributed by atoms with Gasteiger partial charge in [0.15, 0.2) is 0 Å². The van der Waals surface area contributed by atoms with Gasteiger partial charge in [-0.3, -0.25) is 4.68 Å². The molecule has 116 valence electrons. The molecule has 0 bridgehead atoms. The molecule has 1 aromatic heterocycles. The molecule has 1 aromatic rings. The van der Waals surface area contributed by atoms with Gasteiger partial charge in [0.25, 0.3) is 0 Å². The van der Waals surface area contributed by atoms with Gasteiger partial charge in [-0.2, -0.15) is 0 Å². The Bertz CT molecular complexity index is 520. The van der Waals surface area contributed by atoms with E-state index in [2.05, 4.69) is 5.10 Å². The van der Waals surface area contributed by atoms with Crippen molar-refractivity contribution in [3.63, 3.8) is 0 Å². The van der Waals surface area contributed by atoms with Gasteiger partial charge in [0.2, 0.25) is 5.88 Å². The Labute approximate surface area is 122 Å². The van der Waals surface area contributed by atoms with Crippen LogP contribution in [0, 0.1) is 0 Å². The van der Waals surface area contributed by atoms with Gasteiger partial charge in [-0.05, 0) is 6.92 Å². The summed E-state index contributed by atoms with van der Waals surface area (Å²) in [5.74, 6) is -0.0858. The average Bonchev–Trinajstić information content (AvgIpc) is 2.80. The maximum absolute atomic E-state index is 11.7. The molecule has 2 heterocycles. The van der Waals surface area contributed by atoms with Crippen LogP contribution < -0.4 is 4.74 Å². The molecule has 0 aliphatic carbocycles. The van der Waals surface area contributed by atoms with Gasteiger partial charge < -0.3 is 19.5 Å². The molecule has 0 atom stereocenters. The molecule has 21 heavy (non-hydrogen) atoms. The first-order valence-electron chi connectivity index (χ1n) is 6.87. The molecular formula is C13H19N3O5. The summed E-state index contributed by atoms with van der Waals surface area (Å²) in [6.45, 7) is 2.92. The SMILES string of the molecule is CCOC(=O)c1cc(OC2CCN(C(=O)O)CC2)nn1C. The highest BCUT2D eigenvalue weighted by Crippen LogP contribution is 2.19. The number of amides is 1. The largest absolute Gasteiger partial charge is 0.473 e. The van der Waals surface area contributed by atoms with Crippen LogP contribution in [0.15, 0.2) is 6.07 Å². The lowest BCUT2D eigenvalue weighted by Crippen LogP contribution is -2.41. The molecule has 0 unspecified atom stereocenters. The van der Waals surface area contributed by atoms with Gasteiger partial charge in [0.1, 0.15) is 11.8 Å². The summed E-state index contributed by atoms with van der Waals surface area (Å²) >= 11 is 0. The summed E-state index contributed by atoms with van der Waals surface area (Å²) in [7, 11) is 1.64. The fraction of sp³-hybridized carbons (Fsp3) is 0.615. The summed E-state index contributed by atoms with van der Waals surface area (Å²) in [5.41, 5.74) is 0.329. The fourth-order valence-corrected chi connectivity index (χ4v) is 2.23. The van der Waals surface area contributed by atoms with E-state index in [-0.39, 0.29) is 6.10 Å². The number of piperidine rings is 1. The van der Waals surface area contributed by atoms with Crippen LogP contribution in [0.3, 0.4) is 0 Å². The predicted octanol–water partition coefficient (Wildman–Crippen LogP) is 1.12. The van der Waals surface area contributed by atoms with Crippen molar-refractivity contribution in [2.24, 2.45) is 7.05 Å². The topological polar surface area (TPSA) is 93.9 Å². The molecule has 1 aliphatic rings. The molecule has 1 amide bonds. The van der Waals surface area contributed by atoms with Gasteiger partial charge in [0.05, 0.1) is 6.61 Å². The number of carboxylic acid groups (broad SMARTS) is 1. The minimum absolute atomic E-state index is 0.0921. The quantitative estimate of drug-likeness (QED) is 0.837. The number of ether oxygens (including phenoxy) is 2. The van der Waals surface area contributed by atoms with Crippen LogP contribution in [-0.4, -0.2) is 57.6 Å². The van der Waals surface area contributed by atoms with E-state index in [4.69, 9.17) is 14.6 Å². The van der Waals surface area contributed by atoms with E-state index in [9.17, 15) is 9.59 Å². The van der Waals surface area contributed by atoms with Gasteiger partial charge in [-0.1, -0.05) is 0 Å². The van der Waals surface area contributed by atoms with E-state index < -0.39 is 12.1 Å². The van der Waals surface area contributed by atoms with Gasteiger partial charge >= 0.3 is 12.1 Å². The normalized spacial score (nSPS) is 15.8. The van der Waals surface area contributed by atoms with E-state index in [1.807, 2.05) is 0 Å². The standard InChI is InChI=1S/C13H19N3O5/c1-3-20-12(17)10-8-11(14-15(10)2)21-9-4-6-16(7-5-9)13(18)19/h8-9H,3-7H2,1-2H3,(H,18,19). The summed E-state index contributed by atoms with van der Waals surface area (Å²) in [6.07, 6.45) is 0.219. The smallest absolute Gasteiger partial charge is 0.407 e. The molecule has 1 aliphatic heterocycles. The van der Waals surface area contributed by atoms with Crippen molar-refractivity contribution in [1.29, 1.82) is 0 Å². The minimum atomic E-state index is -0.907. The third-order valence-electron chi connectivity index (χ3n) is 3.34. The van der Waals surface area contributed by atoms with Crippen molar-refractivity contribution in [3.8, 4) is 5.88 Å². The van der Waals surface area contributed by atoms with Crippen LogP contribution in [0.4, 0.5) is 4.79 Å². The second-order valence-corrected chi connectivity index (χ2v) is 4.80. The highest BCUT2D eigenvalue weighted by molar-refractivity contribution is 5.87. The molecule has 1 saturated heterocycles. The Morgan fingerprint density at radius 1 is 1.43 bits per heavy atom. The van der Waals surface area contributed by atoms with Gasteiger partial charge in [0, 0.05) is 39.0 Å². The molecule has 2 rings (SSSR count). The number of nitrogens with zero attached hydrogens (tertiary/aromatic N) is 3. The van der Waals surface area contributed by atoms with E-state index in [1.165, 1.54) is 9.58 Å². The summed E-state index contributed by atoms with van der Waals surface area (Å²) in [5, 5.41) is 13.0. The summed E-state index contributed by atoms with van der Waals surface area (Å²) in [4.78, 5) is 23.9. The van der Waals surface area contributed by atoms with Crippen molar-refractivity contribution >= 4 is 12.1 Å². The van der Waals surface area contributed by atoms with E-state index >= 15 is 0 Å². The zero-order chi connectivity index (χ0) is 15.4. The van der Waals surface area contributed by atoms with Crippen LogP contribution in [0.25, 0.3) is 0 Å². The second-order valence-electron chi connectivity index (χ2n) is 4.80. The number of rotatable bonds is 4. The molecule has 0 radical (unpaired) electrons. The molecular weight excluding hydrogens is 278 g/mol. The molecule has 8 nitrogen and oxygen atoms in total. The van der Waals surface area contributed by atoms with Crippen molar-refractivity contribution in [3.05, 3.63) is 11.8 Å². The first-order chi connectivity index (χ1) is 10.0. The summed E-state index contributed by atoms with van der Waals surface area (Å²) < 4.78 is 12.1. The number of aryl methyl sites for hydroxylation is 1. The first-order valence-corrected chi connectivity index (χ1v) is 6.87. The Morgan fingerprint density at radius 3 is 2.67 bits per heavy atom. The third-order valence-corrected chi connectivity index (χ3v) is 3.34. The number of hydrogen-bond acceptors (Lipinski definition) is 5. The van der Waals surface area contributed by atoms with Crippen LogP contribution in [-0.2, 0) is 11.8 Å². The number of likely N-dealkylation sites (tertiary alicyclic amines) is 1. The molecule has 0 spiro atoms. The highest BCUT2D eigenvalue weighted by atomic mass is 16.5. The molecule has 8 heteroatoms.